The quantitative estimate of drug-likeness (QED) is 0.681. The first-order valence-electron chi connectivity index (χ1n) is 4.99. The number of carbonyl (C=O) groups excluding carboxylic acids is 1. The predicted octanol–water partition coefficient (Wildman–Crippen LogP) is 0.478. The summed E-state index contributed by atoms with van der Waals surface area (Å²) in [7, 11) is 3.57. The van der Waals surface area contributed by atoms with Crippen molar-refractivity contribution in [1.29, 1.82) is 0 Å². The number of likely N-dealkylation sites (N-methyl/N-ethyl adjacent to an activating group) is 1. The summed E-state index contributed by atoms with van der Waals surface area (Å²) in [5.41, 5.74) is 0. The molecule has 0 aliphatic carbocycles. The zero-order valence-electron chi connectivity index (χ0n) is 9.83. The van der Waals surface area contributed by atoms with E-state index in [1.807, 2.05) is 7.05 Å². The molecule has 0 aromatic carbocycles. The second kappa shape index (κ2) is 6.79. The molecule has 0 rings (SSSR count). The van der Waals surface area contributed by atoms with Crippen LogP contribution >= 0.6 is 0 Å². The first-order valence-corrected chi connectivity index (χ1v) is 4.99. The van der Waals surface area contributed by atoms with Crippen LogP contribution < -0.4 is 5.32 Å². The minimum atomic E-state index is -0.362. The van der Waals surface area contributed by atoms with Gasteiger partial charge in [0.1, 0.15) is 6.10 Å². The Balaban J connectivity index is 3.59. The van der Waals surface area contributed by atoms with Crippen molar-refractivity contribution in [2.45, 2.75) is 32.9 Å². The maximum Gasteiger partial charge on any atom is 0.248 e. The number of hydrogen-bond donors (Lipinski definition) is 1. The Labute approximate surface area is 86.6 Å². The van der Waals surface area contributed by atoms with Gasteiger partial charge >= 0.3 is 0 Å². The van der Waals surface area contributed by atoms with Crippen molar-refractivity contribution in [2.24, 2.45) is 0 Å². The maximum atomic E-state index is 11.3. The predicted molar refractivity (Wildman–Crippen MR) is 57.2 cm³/mol. The molecule has 1 atom stereocenters. The van der Waals surface area contributed by atoms with Crippen LogP contribution in [0.3, 0.4) is 0 Å². The highest BCUT2D eigenvalue weighted by Crippen LogP contribution is 1.91. The van der Waals surface area contributed by atoms with Crippen LogP contribution in [0.25, 0.3) is 0 Å². The van der Waals surface area contributed by atoms with Crippen LogP contribution in [0.2, 0.25) is 0 Å². The van der Waals surface area contributed by atoms with E-state index < -0.39 is 0 Å². The molecule has 14 heavy (non-hydrogen) atoms. The molecule has 1 amide bonds. The third-order valence-corrected chi connectivity index (χ3v) is 2.37. The Bertz CT molecular complexity index is 172. The summed E-state index contributed by atoms with van der Waals surface area (Å²) >= 11 is 0. The Kier molecular flexibility index (Phi) is 6.49. The van der Waals surface area contributed by atoms with E-state index in [4.69, 9.17) is 4.74 Å². The molecule has 0 aliphatic rings. The van der Waals surface area contributed by atoms with Crippen LogP contribution in [-0.2, 0) is 9.53 Å². The van der Waals surface area contributed by atoms with Gasteiger partial charge in [-0.15, -0.1) is 0 Å². The average Bonchev–Trinajstić information content (AvgIpc) is 2.15. The first kappa shape index (κ1) is 13.4. The molecule has 4 nitrogen and oxygen atoms in total. The van der Waals surface area contributed by atoms with Crippen LogP contribution in [-0.4, -0.2) is 50.2 Å². The number of nitrogens with one attached hydrogen (secondary N) is 1. The standard InChI is InChI=1S/C10H22N2O2/c1-8(2)12(4)7-6-11-10(13)9(3)14-5/h8-9H,6-7H2,1-5H3,(H,11,13). The molecule has 0 spiro atoms. The van der Waals surface area contributed by atoms with Gasteiger partial charge in [-0.25, -0.2) is 0 Å². The van der Waals surface area contributed by atoms with Gasteiger partial charge in [-0.2, -0.15) is 0 Å². The molecule has 0 saturated carbocycles. The zero-order valence-corrected chi connectivity index (χ0v) is 9.83. The average molecular weight is 202 g/mol. The Hall–Kier alpha value is -0.610. The van der Waals surface area contributed by atoms with E-state index in [-0.39, 0.29) is 12.0 Å². The molecule has 1 N–H and O–H groups in total. The minimum Gasteiger partial charge on any atom is -0.372 e. The van der Waals surface area contributed by atoms with Gasteiger partial charge < -0.3 is 15.0 Å². The second-order valence-electron chi connectivity index (χ2n) is 3.74. The molecule has 0 heterocycles. The molecule has 0 bridgehead atoms. The summed E-state index contributed by atoms with van der Waals surface area (Å²) in [6.45, 7) is 7.52. The minimum absolute atomic E-state index is 0.0512. The molecule has 1 unspecified atom stereocenters. The molecule has 4 heteroatoms. The van der Waals surface area contributed by atoms with Gasteiger partial charge in [0.25, 0.3) is 0 Å². The number of carbonyl (C=O) groups is 1. The van der Waals surface area contributed by atoms with E-state index in [1.165, 1.54) is 7.11 Å². The van der Waals surface area contributed by atoms with Crippen molar-refractivity contribution in [2.75, 3.05) is 27.2 Å². The number of rotatable bonds is 6. The molecule has 0 aliphatic heterocycles. The lowest BCUT2D eigenvalue weighted by Gasteiger charge is -2.21. The number of nitrogens with zero attached hydrogens (tertiary/aromatic N) is 1. The maximum absolute atomic E-state index is 11.3. The van der Waals surface area contributed by atoms with Gasteiger partial charge in [0.05, 0.1) is 0 Å². The van der Waals surface area contributed by atoms with Gasteiger partial charge in [0.15, 0.2) is 0 Å². The van der Waals surface area contributed by atoms with Crippen molar-refractivity contribution < 1.29 is 9.53 Å². The van der Waals surface area contributed by atoms with E-state index in [1.54, 1.807) is 6.92 Å². The largest absolute Gasteiger partial charge is 0.372 e. The van der Waals surface area contributed by atoms with Crippen LogP contribution in [0, 0.1) is 0 Å². The SMILES string of the molecule is COC(C)C(=O)NCCN(C)C(C)C. The Morgan fingerprint density at radius 1 is 1.43 bits per heavy atom. The number of methoxy groups -OCH3 is 1. The third kappa shape index (κ3) is 5.19. The molecular weight excluding hydrogens is 180 g/mol. The highest BCUT2D eigenvalue weighted by atomic mass is 16.5. The van der Waals surface area contributed by atoms with Crippen molar-refractivity contribution in [1.82, 2.24) is 10.2 Å². The molecule has 0 radical (unpaired) electrons. The van der Waals surface area contributed by atoms with Gasteiger partial charge in [0.2, 0.25) is 5.91 Å². The van der Waals surface area contributed by atoms with E-state index in [9.17, 15) is 4.79 Å². The number of hydrogen-bond acceptors (Lipinski definition) is 3. The fourth-order valence-corrected chi connectivity index (χ4v) is 0.864. The van der Waals surface area contributed by atoms with E-state index >= 15 is 0 Å². The normalized spacial score (nSPS) is 13.4. The monoisotopic (exact) mass is 202 g/mol. The Morgan fingerprint density at radius 2 is 2.00 bits per heavy atom. The topological polar surface area (TPSA) is 41.6 Å². The van der Waals surface area contributed by atoms with Crippen LogP contribution in [0.15, 0.2) is 0 Å². The van der Waals surface area contributed by atoms with E-state index in [0.717, 1.165) is 6.54 Å². The van der Waals surface area contributed by atoms with Crippen LogP contribution in [0.5, 0.6) is 0 Å². The summed E-state index contributed by atoms with van der Waals surface area (Å²) in [6, 6.07) is 0.506. The summed E-state index contributed by atoms with van der Waals surface area (Å²) in [5.74, 6) is -0.0512. The highest BCUT2D eigenvalue weighted by molar-refractivity contribution is 5.80. The fourth-order valence-electron chi connectivity index (χ4n) is 0.864. The molecule has 84 valence electrons. The molecule has 0 saturated heterocycles. The smallest absolute Gasteiger partial charge is 0.248 e. The number of amides is 1. The van der Waals surface area contributed by atoms with Crippen LogP contribution in [0.4, 0.5) is 0 Å². The molecule has 0 aromatic heterocycles. The molecular formula is C10H22N2O2. The van der Waals surface area contributed by atoms with Crippen molar-refractivity contribution in [3.63, 3.8) is 0 Å². The van der Waals surface area contributed by atoms with Gasteiger partial charge in [0, 0.05) is 26.2 Å². The summed E-state index contributed by atoms with van der Waals surface area (Å²) in [6.07, 6.45) is -0.362. The lowest BCUT2D eigenvalue weighted by atomic mass is 10.3. The van der Waals surface area contributed by atoms with Crippen molar-refractivity contribution >= 4 is 5.91 Å². The molecule has 0 aromatic rings. The first-order chi connectivity index (χ1) is 6.49. The second-order valence-corrected chi connectivity index (χ2v) is 3.74. The summed E-state index contributed by atoms with van der Waals surface area (Å²) < 4.78 is 4.89. The van der Waals surface area contributed by atoms with Crippen molar-refractivity contribution in [3.8, 4) is 0 Å². The third-order valence-electron chi connectivity index (χ3n) is 2.37. The van der Waals surface area contributed by atoms with Gasteiger partial charge in [-0.3, -0.25) is 4.79 Å². The lowest BCUT2D eigenvalue weighted by molar-refractivity contribution is -0.130. The summed E-state index contributed by atoms with van der Waals surface area (Å²) in [4.78, 5) is 13.4. The number of ether oxygens (including phenoxy) is 1. The van der Waals surface area contributed by atoms with Crippen molar-refractivity contribution in [3.05, 3.63) is 0 Å². The Morgan fingerprint density at radius 3 is 2.43 bits per heavy atom. The fraction of sp³-hybridized carbons (Fsp3) is 0.900. The van der Waals surface area contributed by atoms with Crippen LogP contribution in [0.1, 0.15) is 20.8 Å². The van der Waals surface area contributed by atoms with E-state index in [2.05, 4.69) is 24.1 Å². The zero-order chi connectivity index (χ0) is 11.1. The van der Waals surface area contributed by atoms with Gasteiger partial charge in [-0.1, -0.05) is 0 Å². The highest BCUT2D eigenvalue weighted by Gasteiger charge is 2.10. The van der Waals surface area contributed by atoms with E-state index in [0.29, 0.717) is 12.6 Å². The lowest BCUT2D eigenvalue weighted by Crippen LogP contribution is -2.40. The molecule has 0 fully saturated rings. The van der Waals surface area contributed by atoms with Gasteiger partial charge in [-0.05, 0) is 27.8 Å². The summed E-state index contributed by atoms with van der Waals surface area (Å²) in [5, 5.41) is 2.81.